The summed E-state index contributed by atoms with van der Waals surface area (Å²) in [6.45, 7) is 6.28. The van der Waals surface area contributed by atoms with E-state index in [9.17, 15) is 27.6 Å². The Morgan fingerprint density at radius 2 is 0.899 bits per heavy atom. The van der Waals surface area contributed by atoms with Gasteiger partial charge in [-0.15, -0.1) is 15.3 Å². The number of hydrogen-bond donors (Lipinski definition) is 3. The zero-order valence-electron chi connectivity index (χ0n) is 36.7. The fraction of sp³-hybridized carbons (Fsp3) is 0.106. The molecule has 0 aliphatic heterocycles. The summed E-state index contributed by atoms with van der Waals surface area (Å²) in [5.41, 5.74) is 6.45. The van der Waals surface area contributed by atoms with E-state index in [0.29, 0.717) is 22.7 Å². The fourth-order valence-corrected chi connectivity index (χ4v) is 6.70. The monoisotopic (exact) mass is 997 g/mol. The number of nitrogens with zero attached hydrogens (tertiary/aromatic N) is 12. The summed E-state index contributed by atoms with van der Waals surface area (Å²) in [6.07, 6.45) is -0.195. The summed E-state index contributed by atoms with van der Waals surface area (Å²) in [5, 5.41) is 40.9. The quantitative estimate of drug-likeness (QED) is 0.117. The minimum atomic E-state index is -4.53. The van der Waals surface area contributed by atoms with E-state index in [2.05, 4.69) is 92.3 Å². The van der Waals surface area contributed by atoms with Gasteiger partial charge in [0.1, 0.15) is 19.0 Å². The number of amides is 3. The summed E-state index contributed by atoms with van der Waals surface area (Å²) in [4.78, 5) is 36.9. The van der Waals surface area contributed by atoms with Crippen LogP contribution in [0, 0.1) is 6.92 Å². The van der Waals surface area contributed by atoms with Crippen molar-refractivity contribution in [1.82, 2.24) is 60.6 Å². The molecule has 348 valence electrons. The number of anilines is 3. The molecule has 6 aromatic carbocycles. The van der Waals surface area contributed by atoms with Crippen LogP contribution in [0.15, 0.2) is 163 Å². The van der Waals surface area contributed by atoms with Crippen LogP contribution in [0.4, 0.5) is 30.2 Å². The van der Waals surface area contributed by atoms with E-state index >= 15 is 0 Å². The third-order valence-corrected chi connectivity index (χ3v) is 10.5. The largest absolute Gasteiger partial charge is 0.417 e. The normalized spacial score (nSPS) is 10.8. The molecule has 69 heavy (non-hydrogen) atoms. The Labute approximate surface area is 399 Å². The Hall–Kier alpha value is -8.79. The Bertz CT molecular complexity index is 3130. The van der Waals surface area contributed by atoms with Gasteiger partial charge in [0.2, 0.25) is 0 Å². The molecule has 0 atom stereocenters. The molecule has 9 aromatic rings. The van der Waals surface area contributed by atoms with Gasteiger partial charge in [0.15, 0.2) is 0 Å². The molecule has 3 N–H and O–H groups in total. The molecule has 0 radical (unpaired) electrons. The van der Waals surface area contributed by atoms with Gasteiger partial charge in [-0.05, 0) is 147 Å². The van der Waals surface area contributed by atoms with Crippen molar-refractivity contribution in [2.75, 3.05) is 16.0 Å². The Morgan fingerprint density at radius 1 is 0.522 bits per heavy atom. The highest BCUT2D eigenvalue weighted by Gasteiger charge is 2.33. The van der Waals surface area contributed by atoms with E-state index in [1.165, 1.54) is 62.9 Å². The predicted molar refractivity (Wildman–Crippen MR) is 252 cm³/mol. The lowest BCUT2D eigenvalue weighted by atomic mass is 10.0. The standard InChI is InChI=1S/C17H17N5O.C15H9BrF3N5O.C15H13N5O/c1-12(2)13-6-8-15(9-7-13)19-17(23)14-4-3-5-16(10-14)22-11-18-20-21-22;16-13-5-4-10(7-12(13)15(17,18)19)21-14(25)9-2-1-3-11(6-9)24-8-20-22-23-24;1-11-5-7-13(8-6-11)17-15(21)12-3-2-4-14(9-12)20-10-16-18-19-20/h3-12H,1-2H3,(H,19,23);1-8H,(H,21,25);2-10H,1H3,(H,17,21). The van der Waals surface area contributed by atoms with E-state index in [0.717, 1.165) is 34.4 Å². The van der Waals surface area contributed by atoms with Crippen molar-refractivity contribution in [2.24, 2.45) is 0 Å². The van der Waals surface area contributed by atoms with E-state index in [4.69, 9.17) is 0 Å². The van der Waals surface area contributed by atoms with Gasteiger partial charge in [0, 0.05) is 38.2 Å². The molecule has 0 spiro atoms. The minimum absolute atomic E-state index is 0.0355. The van der Waals surface area contributed by atoms with Crippen molar-refractivity contribution in [3.05, 3.63) is 196 Å². The number of rotatable bonds is 10. The first-order valence-corrected chi connectivity index (χ1v) is 21.5. The number of carbonyl (C=O) groups is 3. The second-order valence-corrected chi connectivity index (χ2v) is 16.0. The molecule has 0 unspecified atom stereocenters. The van der Waals surface area contributed by atoms with Crippen LogP contribution < -0.4 is 16.0 Å². The number of tetrazole rings is 3. The first-order valence-electron chi connectivity index (χ1n) is 20.7. The Morgan fingerprint density at radius 3 is 1.26 bits per heavy atom. The number of aryl methyl sites for hydroxylation is 1. The zero-order chi connectivity index (χ0) is 48.9. The van der Waals surface area contributed by atoms with Gasteiger partial charge in [0.25, 0.3) is 17.7 Å². The smallest absolute Gasteiger partial charge is 0.322 e. The SMILES string of the molecule is CC(C)c1ccc(NC(=O)c2cccc(-n3cnnn3)c2)cc1.Cc1ccc(NC(=O)c2cccc(-n3cnnn3)c2)cc1.O=C(Nc1ccc(Br)c(C(F)(F)F)c1)c1cccc(-n2cnnn2)c1. The highest BCUT2D eigenvalue weighted by molar-refractivity contribution is 9.10. The molecule has 3 amide bonds. The third-order valence-electron chi connectivity index (χ3n) is 9.84. The van der Waals surface area contributed by atoms with Crippen LogP contribution in [0.1, 0.15) is 67.5 Å². The summed E-state index contributed by atoms with van der Waals surface area (Å²) in [7, 11) is 0. The molecule has 0 saturated heterocycles. The molecule has 22 heteroatoms. The molecule has 3 heterocycles. The summed E-state index contributed by atoms with van der Waals surface area (Å²) < 4.78 is 43.1. The molecular weight excluding hydrogens is 960 g/mol. The first kappa shape index (κ1) is 48.2. The maximum absolute atomic E-state index is 12.9. The number of carbonyl (C=O) groups excluding carboxylic acids is 3. The summed E-state index contributed by atoms with van der Waals surface area (Å²) in [5.74, 6) is -0.427. The number of benzene rings is 6. The second kappa shape index (κ2) is 22.1. The molecular formula is C47H39BrF3N15O3. The van der Waals surface area contributed by atoms with E-state index < -0.39 is 17.6 Å². The molecule has 0 bridgehead atoms. The number of nitrogens with one attached hydrogen (secondary N) is 3. The van der Waals surface area contributed by atoms with E-state index in [1.807, 2.05) is 67.6 Å². The van der Waals surface area contributed by atoms with Gasteiger partial charge < -0.3 is 16.0 Å². The van der Waals surface area contributed by atoms with Gasteiger partial charge in [-0.2, -0.15) is 13.2 Å². The summed E-state index contributed by atoms with van der Waals surface area (Å²) in [6, 6.07) is 39.6. The van der Waals surface area contributed by atoms with Gasteiger partial charge in [0.05, 0.1) is 22.6 Å². The molecule has 0 fully saturated rings. The highest BCUT2D eigenvalue weighted by Crippen LogP contribution is 2.36. The average Bonchev–Trinajstić information content (AvgIpc) is 4.20. The second-order valence-electron chi connectivity index (χ2n) is 15.1. The predicted octanol–water partition coefficient (Wildman–Crippen LogP) is 8.96. The lowest BCUT2D eigenvalue weighted by Crippen LogP contribution is -2.14. The van der Waals surface area contributed by atoms with Crippen molar-refractivity contribution >= 4 is 50.7 Å². The third kappa shape index (κ3) is 13.2. The molecule has 9 rings (SSSR count). The van der Waals surface area contributed by atoms with Crippen molar-refractivity contribution in [2.45, 2.75) is 32.9 Å². The van der Waals surface area contributed by atoms with Crippen molar-refractivity contribution in [3.63, 3.8) is 0 Å². The average molecular weight is 999 g/mol. The fourth-order valence-electron chi connectivity index (χ4n) is 6.23. The van der Waals surface area contributed by atoms with E-state index in [1.54, 1.807) is 48.5 Å². The van der Waals surface area contributed by atoms with Gasteiger partial charge in [-0.3, -0.25) is 14.4 Å². The maximum Gasteiger partial charge on any atom is 0.417 e. The lowest BCUT2D eigenvalue weighted by molar-refractivity contribution is -0.138. The Balaban J connectivity index is 0.000000153. The number of halogens is 4. The van der Waals surface area contributed by atoms with Gasteiger partial charge >= 0.3 is 6.18 Å². The van der Waals surface area contributed by atoms with Crippen LogP contribution in [0.3, 0.4) is 0 Å². The van der Waals surface area contributed by atoms with Gasteiger partial charge in [-0.25, -0.2) is 14.0 Å². The van der Waals surface area contributed by atoms with Crippen molar-refractivity contribution < 1.29 is 27.6 Å². The molecule has 3 aromatic heterocycles. The van der Waals surface area contributed by atoms with Crippen molar-refractivity contribution in [1.29, 1.82) is 0 Å². The molecule has 0 aliphatic rings. The first-order chi connectivity index (χ1) is 33.2. The van der Waals surface area contributed by atoms with Crippen LogP contribution in [0.5, 0.6) is 0 Å². The topological polar surface area (TPSA) is 218 Å². The zero-order valence-corrected chi connectivity index (χ0v) is 38.3. The van der Waals surface area contributed by atoms with Crippen molar-refractivity contribution in [3.8, 4) is 17.1 Å². The minimum Gasteiger partial charge on any atom is -0.322 e. The van der Waals surface area contributed by atoms with Crippen LogP contribution in [0.25, 0.3) is 17.1 Å². The molecule has 0 aliphatic carbocycles. The van der Waals surface area contributed by atoms with Crippen LogP contribution in [0.2, 0.25) is 0 Å². The molecule has 18 nitrogen and oxygen atoms in total. The number of aromatic nitrogens is 12. The molecule has 0 saturated carbocycles. The van der Waals surface area contributed by atoms with Crippen LogP contribution in [-0.4, -0.2) is 78.3 Å². The Kier molecular flexibility index (Phi) is 15.4. The highest BCUT2D eigenvalue weighted by atomic mass is 79.9. The number of hydrogen-bond acceptors (Lipinski definition) is 12. The maximum atomic E-state index is 12.9. The number of alkyl halides is 3. The van der Waals surface area contributed by atoms with Crippen LogP contribution >= 0.6 is 15.9 Å². The summed E-state index contributed by atoms with van der Waals surface area (Å²) >= 11 is 2.85. The van der Waals surface area contributed by atoms with Crippen LogP contribution in [-0.2, 0) is 6.18 Å². The van der Waals surface area contributed by atoms with E-state index in [-0.39, 0.29) is 27.5 Å². The lowest BCUT2D eigenvalue weighted by Gasteiger charge is -2.12. The van der Waals surface area contributed by atoms with Gasteiger partial charge in [-0.1, -0.05) is 77.8 Å².